The van der Waals surface area contributed by atoms with Crippen LogP contribution in [0.5, 0.6) is 0 Å². The van der Waals surface area contributed by atoms with Crippen molar-refractivity contribution in [1.29, 1.82) is 0 Å². The Hall–Kier alpha value is -2.85. The van der Waals surface area contributed by atoms with Crippen LogP contribution < -0.4 is 5.73 Å². The fraction of sp³-hybridized carbons (Fsp3) is 0. The lowest BCUT2D eigenvalue weighted by Crippen LogP contribution is -1.94. The van der Waals surface area contributed by atoms with Gasteiger partial charge in [-0.25, -0.2) is 0 Å². The summed E-state index contributed by atoms with van der Waals surface area (Å²) in [4.78, 5) is 12.1. The van der Waals surface area contributed by atoms with Crippen molar-refractivity contribution in [3.63, 3.8) is 0 Å². The molecule has 0 aliphatic rings. The van der Waals surface area contributed by atoms with Gasteiger partial charge >= 0.3 is 0 Å². The number of carbonyl (C=O) groups excluding carboxylic acids is 1. The van der Waals surface area contributed by atoms with Crippen LogP contribution in [0.15, 0.2) is 60.7 Å². The van der Waals surface area contributed by atoms with Crippen LogP contribution in [0.3, 0.4) is 0 Å². The first-order valence-electron chi connectivity index (χ1n) is 7.01. The van der Waals surface area contributed by atoms with Gasteiger partial charge in [0.05, 0.1) is 11.4 Å². The van der Waals surface area contributed by atoms with Crippen LogP contribution in [0.2, 0.25) is 5.02 Å². The summed E-state index contributed by atoms with van der Waals surface area (Å²) in [7, 11) is 0. The number of hydrogen-bond acceptors (Lipinski definition) is 3. The van der Waals surface area contributed by atoms with Crippen LogP contribution >= 0.6 is 11.6 Å². The van der Waals surface area contributed by atoms with Crippen LogP contribution in [0, 0.1) is 0 Å². The number of nitrogen functional groups attached to an aromatic ring is 1. The lowest BCUT2D eigenvalue weighted by Gasteiger charge is -1.96. The minimum atomic E-state index is -0.0901. The number of anilines is 1. The summed E-state index contributed by atoms with van der Waals surface area (Å²) in [6.45, 7) is 0. The van der Waals surface area contributed by atoms with Crippen molar-refractivity contribution in [3.05, 3.63) is 77.0 Å². The number of aromatic amines is 1. The first kappa shape index (κ1) is 15.1. The molecule has 0 unspecified atom stereocenters. The zero-order valence-electron chi connectivity index (χ0n) is 12.2. The summed E-state index contributed by atoms with van der Waals surface area (Å²) in [6.07, 6.45) is 3.20. The van der Waals surface area contributed by atoms with Gasteiger partial charge in [-0.15, -0.1) is 0 Å². The van der Waals surface area contributed by atoms with Gasteiger partial charge in [0.2, 0.25) is 0 Å². The number of aromatic nitrogens is 2. The highest BCUT2D eigenvalue weighted by atomic mass is 35.5. The average Bonchev–Trinajstić information content (AvgIpc) is 3.03. The maximum atomic E-state index is 12.1. The van der Waals surface area contributed by atoms with E-state index in [9.17, 15) is 4.79 Å². The number of ketones is 1. The summed E-state index contributed by atoms with van der Waals surface area (Å²) in [5, 5.41) is 7.80. The van der Waals surface area contributed by atoms with Crippen molar-refractivity contribution in [2.24, 2.45) is 0 Å². The third kappa shape index (κ3) is 3.67. The van der Waals surface area contributed by atoms with Crippen molar-refractivity contribution in [2.75, 3.05) is 5.73 Å². The highest BCUT2D eigenvalue weighted by molar-refractivity contribution is 6.30. The Morgan fingerprint density at radius 1 is 1.09 bits per heavy atom. The molecular formula is C18H14ClN3O. The SMILES string of the molecule is Nc1ccc(C(=O)/C=C/c2cc(-c3ccc(Cl)cc3)n[nH]2)cc1. The van der Waals surface area contributed by atoms with Crippen molar-refractivity contribution >= 4 is 29.1 Å². The Labute approximate surface area is 138 Å². The number of hydrogen-bond donors (Lipinski definition) is 2. The molecule has 5 heteroatoms. The van der Waals surface area contributed by atoms with Crippen LogP contribution in [-0.2, 0) is 0 Å². The van der Waals surface area contributed by atoms with Gasteiger partial charge in [0.15, 0.2) is 5.78 Å². The molecule has 0 aliphatic carbocycles. The number of rotatable bonds is 4. The molecule has 0 aliphatic heterocycles. The second-order valence-electron chi connectivity index (χ2n) is 5.04. The molecule has 0 saturated carbocycles. The van der Waals surface area contributed by atoms with Gasteiger partial charge in [-0.05, 0) is 54.6 Å². The maximum absolute atomic E-state index is 12.1. The standard InChI is InChI=1S/C18H14ClN3O/c19-14-5-1-12(2-6-14)17-11-16(21-22-17)9-10-18(23)13-3-7-15(20)8-4-13/h1-11H,20H2,(H,21,22)/b10-9+. The molecule has 4 nitrogen and oxygen atoms in total. The first-order chi connectivity index (χ1) is 11.1. The van der Waals surface area contributed by atoms with Crippen LogP contribution in [0.25, 0.3) is 17.3 Å². The fourth-order valence-electron chi connectivity index (χ4n) is 2.10. The molecule has 0 bridgehead atoms. The van der Waals surface area contributed by atoms with Crippen LogP contribution in [0.1, 0.15) is 16.1 Å². The van der Waals surface area contributed by atoms with E-state index in [1.54, 1.807) is 30.3 Å². The fourth-order valence-corrected chi connectivity index (χ4v) is 2.23. The van der Waals surface area contributed by atoms with E-state index in [-0.39, 0.29) is 5.78 Å². The Kier molecular flexibility index (Phi) is 4.26. The molecule has 2 aromatic carbocycles. The molecule has 1 aromatic heterocycles. The third-order valence-electron chi connectivity index (χ3n) is 3.35. The Morgan fingerprint density at radius 2 is 1.78 bits per heavy atom. The normalized spacial score (nSPS) is 11.0. The van der Waals surface area contributed by atoms with Gasteiger partial charge in [0.25, 0.3) is 0 Å². The van der Waals surface area contributed by atoms with E-state index < -0.39 is 0 Å². The van der Waals surface area contributed by atoms with Crippen molar-refractivity contribution in [3.8, 4) is 11.3 Å². The molecule has 3 N–H and O–H groups in total. The van der Waals surface area contributed by atoms with E-state index in [0.717, 1.165) is 17.0 Å². The number of nitrogens with one attached hydrogen (secondary N) is 1. The van der Waals surface area contributed by atoms with E-state index in [1.165, 1.54) is 6.08 Å². The number of carbonyl (C=O) groups is 1. The summed E-state index contributed by atoms with van der Waals surface area (Å²) in [6, 6.07) is 16.1. The predicted octanol–water partition coefficient (Wildman–Crippen LogP) is 4.21. The Bertz CT molecular complexity index is 849. The van der Waals surface area contributed by atoms with E-state index in [4.69, 9.17) is 17.3 Å². The molecule has 0 amide bonds. The van der Waals surface area contributed by atoms with E-state index >= 15 is 0 Å². The highest BCUT2D eigenvalue weighted by Gasteiger charge is 2.04. The first-order valence-corrected chi connectivity index (χ1v) is 7.39. The van der Waals surface area contributed by atoms with Gasteiger partial charge in [-0.3, -0.25) is 9.89 Å². The van der Waals surface area contributed by atoms with Gasteiger partial charge in [-0.2, -0.15) is 5.10 Å². The van der Waals surface area contributed by atoms with Crippen molar-refractivity contribution in [1.82, 2.24) is 10.2 Å². The lowest BCUT2D eigenvalue weighted by molar-refractivity contribution is 0.104. The number of halogens is 1. The number of allylic oxidation sites excluding steroid dienone is 1. The molecule has 0 fully saturated rings. The molecule has 3 rings (SSSR count). The van der Waals surface area contributed by atoms with Gasteiger partial charge in [0, 0.05) is 21.8 Å². The second-order valence-corrected chi connectivity index (χ2v) is 5.47. The summed E-state index contributed by atoms with van der Waals surface area (Å²) >= 11 is 5.87. The largest absolute Gasteiger partial charge is 0.399 e. The average molecular weight is 324 g/mol. The lowest BCUT2D eigenvalue weighted by atomic mass is 10.1. The number of benzene rings is 2. The van der Waals surface area contributed by atoms with Gasteiger partial charge < -0.3 is 5.73 Å². The zero-order chi connectivity index (χ0) is 16.2. The maximum Gasteiger partial charge on any atom is 0.185 e. The zero-order valence-corrected chi connectivity index (χ0v) is 12.9. The Balaban J connectivity index is 1.74. The summed E-state index contributed by atoms with van der Waals surface area (Å²) in [5.74, 6) is -0.0901. The Morgan fingerprint density at radius 3 is 2.48 bits per heavy atom. The quantitative estimate of drug-likeness (QED) is 0.429. The van der Waals surface area contributed by atoms with E-state index in [1.807, 2.05) is 30.3 Å². The predicted molar refractivity (Wildman–Crippen MR) is 93.3 cm³/mol. The molecule has 0 saturated heterocycles. The highest BCUT2D eigenvalue weighted by Crippen LogP contribution is 2.20. The molecule has 0 atom stereocenters. The van der Waals surface area contributed by atoms with Gasteiger partial charge in [-0.1, -0.05) is 23.7 Å². The van der Waals surface area contributed by atoms with Crippen molar-refractivity contribution in [2.45, 2.75) is 0 Å². The summed E-state index contributed by atoms with van der Waals surface area (Å²) in [5.41, 5.74) is 9.33. The molecule has 1 heterocycles. The topological polar surface area (TPSA) is 71.8 Å². The van der Waals surface area contributed by atoms with Crippen LogP contribution in [0.4, 0.5) is 5.69 Å². The number of H-pyrrole nitrogens is 1. The van der Waals surface area contributed by atoms with E-state index in [0.29, 0.717) is 16.3 Å². The summed E-state index contributed by atoms with van der Waals surface area (Å²) < 4.78 is 0. The second kappa shape index (κ2) is 6.50. The third-order valence-corrected chi connectivity index (χ3v) is 3.60. The van der Waals surface area contributed by atoms with Crippen molar-refractivity contribution < 1.29 is 4.79 Å². The molecule has 0 radical (unpaired) electrons. The number of nitrogens with zero attached hydrogens (tertiary/aromatic N) is 1. The molecule has 114 valence electrons. The number of nitrogens with two attached hydrogens (primary N) is 1. The molecule has 23 heavy (non-hydrogen) atoms. The monoisotopic (exact) mass is 323 g/mol. The van der Waals surface area contributed by atoms with Crippen LogP contribution in [-0.4, -0.2) is 16.0 Å². The minimum Gasteiger partial charge on any atom is -0.399 e. The minimum absolute atomic E-state index is 0.0901. The molecular weight excluding hydrogens is 310 g/mol. The van der Waals surface area contributed by atoms with E-state index in [2.05, 4.69) is 10.2 Å². The molecule has 3 aromatic rings. The van der Waals surface area contributed by atoms with Gasteiger partial charge in [0.1, 0.15) is 0 Å². The smallest absolute Gasteiger partial charge is 0.185 e. The molecule has 0 spiro atoms.